The molecule has 6 nitrogen and oxygen atoms in total. The third-order valence-electron chi connectivity index (χ3n) is 4.30. The smallest absolute Gasteiger partial charge is 0.412 e. The number of hydrogen-bond donors (Lipinski definition) is 2. The van der Waals surface area contributed by atoms with E-state index < -0.39 is 11.7 Å². The molecule has 0 spiro atoms. The summed E-state index contributed by atoms with van der Waals surface area (Å²) >= 11 is 0. The van der Waals surface area contributed by atoms with Gasteiger partial charge in [0.2, 0.25) is 0 Å². The van der Waals surface area contributed by atoms with Crippen molar-refractivity contribution < 1.29 is 19.1 Å². The molecule has 0 radical (unpaired) electrons. The minimum Gasteiger partial charge on any atom is -0.444 e. The van der Waals surface area contributed by atoms with Crippen LogP contribution in [0.3, 0.4) is 0 Å². The first-order valence-corrected chi connectivity index (χ1v) is 9.83. The van der Waals surface area contributed by atoms with Crippen molar-refractivity contribution in [3.8, 4) is 0 Å². The summed E-state index contributed by atoms with van der Waals surface area (Å²) in [6.07, 6.45) is 6.87. The van der Waals surface area contributed by atoms with Crippen molar-refractivity contribution in [2.45, 2.75) is 71.0 Å². The zero-order chi connectivity index (χ0) is 19.7. The highest BCUT2D eigenvalue weighted by Gasteiger charge is 2.16. The van der Waals surface area contributed by atoms with Crippen molar-refractivity contribution in [3.63, 3.8) is 0 Å². The quantitative estimate of drug-likeness (QED) is 0.687. The van der Waals surface area contributed by atoms with Gasteiger partial charge in [0.05, 0.1) is 6.10 Å². The van der Waals surface area contributed by atoms with Crippen LogP contribution in [0.25, 0.3) is 0 Å². The molecule has 1 saturated carbocycles. The van der Waals surface area contributed by atoms with Gasteiger partial charge in [-0.25, -0.2) is 4.79 Å². The van der Waals surface area contributed by atoms with Crippen LogP contribution in [0.5, 0.6) is 0 Å². The van der Waals surface area contributed by atoms with E-state index in [9.17, 15) is 9.59 Å². The molecule has 0 aromatic heterocycles. The summed E-state index contributed by atoms with van der Waals surface area (Å²) in [6.45, 7) is 6.69. The van der Waals surface area contributed by atoms with E-state index in [1.54, 1.807) is 45.0 Å². The Kier molecular flexibility index (Phi) is 8.10. The van der Waals surface area contributed by atoms with Crippen LogP contribution in [0.15, 0.2) is 24.3 Å². The third-order valence-corrected chi connectivity index (χ3v) is 4.30. The van der Waals surface area contributed by atoms with Gasteiger partial charge in [-0.15, -0.1) is 0 Å². The van der Waals surface area contributed by atoms with E-state index in [2.05, 4.69) is 10.6 Å². The lowest BCUT2D eigenvalue weighted by atomic mass is 9.98. The van der Waals surface area contributed by atoms with Crippen molar-refractivity contribution in [1.29, 1.82) is 0 Å². The maximum atomic E-state index is 12.2. The van der Waals surface area contributed by atoms with Gasteiger partial charge in [-0.1, -0.05) is 19.3 Å². The second kappa shape index (κ2) is 10.3. The predicted octanol–water partition coefficient (Wildman–Crippen LogP) is 4.50. The SMILES string of the molecule is CC(C)(C)OC(=O)Nc1ccc(C(=O)NCCCOC2CCCCC2)cc1. The number of amides is 2. The monoisotopic (exact) mass is 376 g/mol. The van der Waals surface area contributed by atoms with E-state index in [-0.39, 0.29) is 5.91 Å². The Labute approximate surface area is 162 Å². The summed E-state index contributed by atoms with van der Waals surface area (Å²) in [5, 5.41) is 5.54. The standard InChI is InChI=1S/C21H32N2O4/c1-21(2,3)27-20(25)23-17-12-10-16(11-13-17)19(24)22-14-7-15-26-18-8-5-4-6-9-18/h10-13,18H,4-9,14-15H2,1-3H3,(H,22,24)(H,23,25). The first-order chi connectivity index (χ1) is 12.8. The van der Waals surface area contributed by atoms with Crippen LogP contribution in [-0.4, -0.2) is 36.9 Å². The third kappa shape index (κ3) is 8.43. The van der Waals surface area contributed by atoms with Crippen molar-refractivity contribution in [2.75, 3.05) is 18.5 Å². The van der Waals surface area contributed by atoms with Crippen LogP contribution < -0.4 is 10.6 Å². The normalized spacial score (nSPS) is 15.2. The molecule has 2 N–H and O–H groups in total. The molecule has 0 heterocycles. The number of benzene rings is 1. The van der Waals surface area contributed by atoms with Gasteiger partial charge in [0.1, 0.15) is 5.60 Å². The summed E-state index contributed by atoms with van der Waals surface area (Å²) in [5.41, 5.74) is 0.588. The predicted molar refractivity (Wildman–Crippen MR) is 106 cm³/mol. The van der Waals surface area contributed by atoms with Gasteiger partial charge in [-0.3, -0.25) is 10.1 Å². The van der Waals surface area contributed by atoms with Gasteiger partial charge < -0.3 is 14.8 Å². The molecule has 2 amide bonds. The molecule has 1 aliphatic rings. The van der Waals surface area contributed by atoms with E-state index in [0.29, 0.717) is 30.5 Å². The molecule has 1 fully saturated rings. The number of nitrogens with one attached hydrogen (secondary N) is 2. The molecule has 0 unspecified atom stereocenters. The number of carbonyl (C=O) groups is 2. The van der Waals surface area contributed by atoms with E-state index in [0.717, 1.165) is 19.3 Å². The molecule has 6 heteroatoms. The fraction of sp³-hybridized carbons (Fsp3) is 0.619. The van der Waals surface area contributed by atoms with Crippen molar-refractivity contribution in [1.82, 2.24) is 5.32 Å². The zero-order valence-electron chi connectivity index (χ0n) is 16.7. The van der Waals surface area contributed by atoms with Gasteiger partial charge in [-0.2, -0.15) is 0 Å². The summed E-state index contributed by atoms with van der Waals surface area (Å²) in [4.78, 5) is 23.9. The second-order valence-corrected chi connectivity index (χ2v) is 7.94. The molecule has 0 bridgehead atoms. The maximum absolute atomic E-state index is 12.2. The Hall–Kier alpha value is -2.08. The number of hydrogen-bond acceptors (Lipinski definition) is 4. The van der Waals surface area contributed by atoms with Crippen molar-refractivity contribution >= 4 is 17.7 Å². The molecule has 1 aliphatic carbocycles. The molecule has 0 atom stereocenters. The van der Waals surface area contributed by atoms with Crippen LogP contribution in [0.4, 0.5) is 10.5 Å². The van der Waals surface area contributed by atoms with Crippen LogP contribution in [-0.2, 0) is 9.47 Å². The fourth-order valence-electron chi connectivity index (χ4n) is 2.98. The summed E-state index contributed by atoms with van der Waals surface area (Å²) < 4.78 is 11.1. The fourth-order valence-corrected chi connectivity index (χ4v) is 2.98. The number of anilines is 1. The first-order valence-electron chi connectivity index (χ1n) is 9.83. The average Bonchev–Trinajstić information content (AvgIpc) is 2.61. The summed E-state index contributed by atoms with van der Waals surface area (Å²) in [6, 6.07) is 6.73. The molecule has 2 rings (SSSR count). The highest BCUT2D eigenvalue weighted by atomic mass is 16.6. The Morgan fingerprint density at radius 2 is 1.74 bits per heavy atom. The maximum Gasteiger partial charge on any atom is 0.412 e. The lowest BCUT2D eigenvalue weighted by Gasteiger charge is -2.21. The minimum atomic E-state index is -0.551. The lowest BCUT2D eigenvalue weighted by molar-refractivity contribution is 0.0273. The van der Waals surface area contributed by atoms with Crippen molar-refractivity contribution in [2.24, 2.45) is 0 Å². The Balaban J connectivity index is 1.66. The first kappa shape index (κ1) is 21.2. The molecular weight excluding hydrogens is 344 g/mol. The Bertz CT molecular complexity index is 602. The zero-order valence-corrected chi connectivity index (χ0v) is 16.7. The summed E-state index contributed by atoms with van der Waals surface area (Å²) in [7, 11) is 0. The second-order valence-electron chi connectivity index (χ2n) is 7.94. The molecule has 1 aromatic carbocycles. The lowest BCUT2D eigenvalue weighted by Crippen LogP contribution is -2.27. The molecule has 0 aliphatic heterocycles. The molecule has 1 aromatic rings. The van der Waals surface area contributed by atoms with Crippen molar-refractivity contribution in [3.05, 3.63) is 29.8 Å². The summed E-state index contributed by atoms with van der Waals surface area (Å²) in [5.74, 6) is -0.128. The van der Waals surface area contributed by atoms with Crippen LogP contribution in [0.2, 0.25) is 0 Å². The van der Waals surface area contributed by atoms with Crippen LogP contribution >= 0.6 is 0 Å². The molecule has 0 saturated heterocycles. The van der Waals surface area contributed by atoms with E-state index >= 15 is 0 Å². The highest BCUT2D eigenvalue weighted by molar-refractivity contribution is 5.95. The van der Waals surface area contributed by atoms with Gasteiger partial charge in [0.25, 0.3) is 5.91 Å². The van der Waals surface area contributed by atoms with Gasteiger partial charge >= 0.3 is 6.09 Å². The van der Waals surface area contributed by atoms with Crippen LogP contribution in [0.1, 0.15) is 69.7 Å². The number of ether oxygens (including phenoxy) is 2. The molecule has 150 valence electrons. The number of carbonyl (C=O) groups excluding carboxylic acids is 2. The van der Waals surface area contributed by atoms with E-state index in [1.807, 2.05) is 0 Å². The Morgan fingerprint density at radius 1 is 1.07 bits per heavy atom. The highest BCUT2D eigenvalue weighted by Crippen LogP contribution is 2.20. The van der Waals surface area contributed by atoms with Gasteiger partial charge in [0, 0.05) is 24.4 Å². The van der Waals surface area contributed by atoms with E-state index in [4.69, 9.17) is 9.47 Å². The van der Waals surface area contributed by atoms with Crippen LogP contribution in [0, 0.1) is 0 Å². The topological polar surface area (TPSA) is 76.7 Å². The van der Waals surface area contributed by atoms with Gasteiger partial charge in [0.15, 0.2) is 0 Å². The Morgan fingerprint density at radius 3 is 2.37 bits per heavy atom. The average molecular weight is 376 g/mol. The largest absolute Gasteiger partial charge is 0.444 e. The minimum absolute atomic E-state index is 0.128. The molecule has 27 heavy (non-hydrogen) atoms. The number of rotatable bonds is 7. The molecular formula is C21H32N2O4. The van der Waals surface area contributed by atoms with Gasteiger partial charge in [-0.05, 0) is 64.3 Å². The van der Waals surface area contributed by atoms with E-state index in [1.165, 1.54) is 19.3 Å².